The van der Waals surface area contributed by atoms with Crippen LogP contribution in [-0.2, 0) is 0 Å². The topological polar surface area (TPSA) is 0 Å². The zero-order chi connectivity index (χ0) is 13.0. The van der Waals surface area contributed by atoms with Crippen LogP contribution in [0, 0.1) is 34.5 Å². The Morgan fingerprint density at radius 1 is 0.778 bits per heavy atom. The van der Waals surface area contributed by atoms with E-state index >= 15 is 0 Å². The van der Waals surface area contributed by atoms with E-state index in [1.807, 2.05) is 0 Å². The summed E-state index contributed by atoms with van der Waals surface area (Å²) in [6.45, 7) is 10.2. The first-order chi connectivity index (χ1) is 8.40. The fourth-order valence-corrected chi connectivity index (χ4v) is 6.10. The maximum absolute atomic E-state index is 2.62. The predicted molar refractivity (Wildman–Crippen MR) is 78.5 cm³/mol. The van der Waals surface area contributed by atoms with Gasteiger partial charge in [-0.15, -0.1) is 0 Å². The minimum Gasteiger partial charge on any atom is -0.0599 e. The summed E-state index contributed by atoms with van der Waals surface area (Å²) in [5.41, 5.74) is 1.25. The molecule has 3 aliphatic rings. The average Bonchev–Trinajstić information content (AvgIpc) is 2.27. The zero-order valence-electron chi connectivity index (χ0n) is 13.0. The monoisotopic (exact) mass is 248 g/mol. The van der Waals surface area contributed by atoms with E-state index in [1.165, 1.54) is 44.9 Å². The van der Waals surface area contributed by atoms with Gasteiger partial charge in [0.25, 0.3) is 0 Å². The van der Waals surface area contributed by atoms with Crippen LogP contribution in [0.2, 0.25) is 0 Å². The Hall–Kier alpha value is 0. The third kappa shape index (κ3) is 2.04. The van der Waals surface area contributed by atoms with Gasteiger partial charge < -0.3 is 0 Å². The highest BCUT2D eigenvalue weighted by atomic mass is 14.6. The van der Waals surface area contributed by atoms with E-state index in [9.17, 15) is 0 Å². The highest BCUT2D eigenvalue weighted by Gasteiger charge is 2.52. The quantitative estimate of drug-likeness (QED) is 0.518. The highest BCUT2D eigenvalue weighted by molar-refractivity contribution is 5.01. The van der Waals surface area contributed by atoms with Crippen LogP contribution in [0.25, 0.3) is 0 Å². The number of hydrogen-bond donors (Lipinski definition) is 0. The summed E-state index contributed by atoms with van der Waals surface area (Å²) >= 11 is 0. The molecule has 3 aliphatic carbocycles. The maximum atomic E-state index is 2.62. The van der Waals surface area contributed by atoms with Gasteiger partial charge in [0.05, 0.1) is 0 Å². The number of rotatable bonds is 0. The van der Waals surface area contributed by atoms with E-state index in [0.29, 0.717) is 10.8 Å². The van der Waals surface area contributed by atoms with Crippen LogP contribution < -0.4 is 0 Å². The molecule has 0 aromatic rings. The summed E-state index contributed by atoms with van der Waals surface area (Å²) in [7, 11) is 0. The molecule has 0 aromatic carbocycles. The molecule has 0 aliphatic heterocycles. The van der Waals surface area contributed by atoms with E-state index in [4.69, 9.17) is 0 Å². The lowest BCUT2D eigenvalue weighted by Gasteiger charge is -2.58. The van der Waals surface area contributed by atoms with Gasteiger partial charge in [-0.3, -0.25) is 0 Å². The molecule has 0 amide bonds. The average molecular weight is 248 g/mol. The van der Waals surface area contributed by atoms with E-state index in [-0.39, 0.29) is 0 Å². The second-order valence-electron chi connectivity index (χ2n) is 8.98. The van der Waals surface area contributed by atoms with E-state index in [2.05, 4.69) is 27.7 Å². The molecule has 0 N–H and O–H groups in total. The molecule has 0 aromatic heterocycles. The first-order valence-corrected chi connectivity index (χ1v) is 8.40. The molecular formula is C18H32. The standard InChI is InChI=1S/C18H32/c1-17(2)10-9-16-14(12-17)11-13-7-5-6-8-15(13)18(16,3)4/h13-16H,5-12H2,1-4H3. The highest BCUT2D eigenvalue weighted by Crippen LogP contribution is 2.61. The number of hydrogen-bond acceptors (Lipinski definition) is 0. The van der Waals surface area contributed by atoms with Crippen molar-refractivity contribution in [1.82, 2.24) is 0 Å². The molecule has 18 heavy (non-hydrogen) atoms. The summed E-state index contributed by atoms with van der Waals surface area (Å²) in [5, 5.41) is 0. The lowest BCUT2D eigenvalue weighted by molar-refractivity contribution is -0.0878. The minimum atomic E-state index is 0.624. The first-order valence-electron chi connectivity index (χ1n) is 8.40. The van der Waals surface area contributed by atoms with E-state index < -0.39 is 0 Å². The van der Waals surface area contributed by atoms with Crippen LogP contribution in [0.1, 0.15) is 79.1 Å². The second kappa shape index (κ2) is 4.25. The van der Waals surface area contributed by atoms with Crippen molar-refractivity contribution in [2.75, 3.05) is 0 Å². The number of fused-ring (bicyclic) bond motifs is 2. The molecule has 3 rings (SSSR count). The van der Waals surface area contributed by atoms with Crippen molar-refractivity contribution in [2.24, 2.45) is 34.5 Å². The van der Waals surface area contributed by atoms with Crippen LogP contribution in [0.4, 0.5) is 0 Å². The summed E-state index contributed by atoms with van der Waals surface area (Å²) in [6, 6.07) is 0. The summed E-state index contributed by atoms with van der Waals surface area (Å²) in [4.78, 5) is 0. The molecule has 0 heterocycles. The molecular weight excluding hydrogens is 216 g/mol. The Labute approximate surface area is 114 Å². The second-order valence-corrected chi connectivity index (χ2v) is 8.98. The largest absolute Gasteiger partial charge is 0.0599 e. The van der Waals surface area contributed by atoms with Crippen LogP contribution in [0.5, 0.6) is 0 Å². The van der Waals surface area contributed by atoms with Gasteiger partial charge in [0.2, 0.25) is 0 Å². The van der Waals surface area contributed by atoms with Crippen LogP contribution in [0.3, 0.4) is 0 Å². The van der Waals surface area contributed by atoms with Crippen molar-refractivity contribution in [3.8, 4) is 0 Å². The molecule has 0 nitrogen and oxygen atoms in total. The first kappa shape index (κ1) is 13.0. The molecule has 0 heteroatoms. The normalized spacial score (nSPS) is 46.0. The third-order valence-electron chi connectivity index (χ3n) is 6.94. The lowest BCUT2D eigenvalue weighted by Crippen LogP contribution is -2.50. The predicted octanol–water partition coefficient (Wildman–Crippen LogP) is 5.67. The molecule has 3 saturated carbocycles. The fourth-order valence-electron chi connectivity index (χ4n) is 6.10. The maximum Gasteiger partial charge on any atom is -0.0292 e. The molecule has 0 spiro atoms. The molecule has 0 bridgehead atoms. The smallest absolute Gasteiger partial charge is 0.0292 e. The van der Waals surface area contributed by atoms with Crippen LogP contribution >= 0.6 is 0 Å². The van der Waals surface area contributed by atoms with Crippen molar-refractivity contribution in [1.29, 1.82) is 0 Å². The fraction of sp³-hybridized carbons (Fsp3) is 1.00. The summed E-state index contributed by atoms with van der Waals surface area (Å²) in [5.74, 6) is 4.20. The summed E-state index contributed by atoms with van der Waals surface area (Å²) in [6.07, 6.45) is 12.1. The van der Waals surface area contributed by atoms with Gasteiger partial charge in [-0.1, -0.05) is 47.0 Å². The van der Waals surface area contributed by atoms with Gasteiger partial charge in [-0.2, -0.15) is 0 Å². The Morgan fingerprint density at radius 2 is 1.44 bits per heavy atom. The molecule has 0 radical (unpaired) electrons. The minimum absolute atomic E-state index is 0.624. The third-order valence-corrected chi connectivity index (χ3v) is 6.94. The van der Waals surface area contributed by atoms with E-state index in [1.54, 1.807) is 6.42 Å². The Bertz CT molecular complexity index is 312. The van der Waals surface area contributed by atoms with Crippen molar-refractivity contribution < 1.29 is 0 Å². The Kier molecular flexibility index (Phi) is 3.07. The van der Waals surface area contributed by atoms with Crippen molar-refractivity contribution in [3.05, 3.63) is 0 Å². The SMILES string of the molecule is CC1(C)CCC2C(CC3CCCCC3C2(C)C)C1. The van der Waals surface area contributed by atoms with Gasteiger partial charge in [0.15, 0.2) is 0 Å². The van der Waals surface area contributed by atoms with E-state index in [0.717, 1.165) is 23.7 Å². The van der Waals surface area contributed by atoms with Gasteiger partial charge in [-0.25, -0.2) is 0 Å². The van der Waals surface area contributed by atoms with Crippen molar-refractivity contribution >= 4 is 0 Å². The lowest BCUT2D eigenvalue weighted by atomic mass is 9.47. The molecule has 4 atom stereocenters. The Morgan fingerprint density at radius 3 is 2.22 bits per heavy atom. The molecule has 4 unspecified atom stereocenters. The molecule has 3 fully saturated rings. The molecule has 0 saturated heterocycles. The van der Waals surface area contributed by atoms with Gasteiger partial charge in [-0.05, 0) is 66.6 Å². The van der Waals surface area contributed by atoms with Gasteiger partial charge in [0.1, 0.15) is 0 Å². The molecule has 104 valence electrons. The van der Waals surface area contributed by atoms with Gasteiger partial charge in [0, 0.05) is 0 Å². The van der Waals surface area contributed by atoms with Gasteiger partial charge >= 0.3 is 0 Å². The van der Waals surface area contributed by atoms with Crippen molar-refractivity contribution in [2.45, 2.75) is 79.1 Å². The van der Waals surface area contributed by atoms with Crippen LogP contribution in [-0.4, -0.2) is 0 Å². The van der Waals surface area contributed by atoms with Crippen molar-refractivity contribution in [3.63, 3.8) is 0 Å². The Balaban J connectivity index is 1.84. The van der Waals surface area contributed by atoms with Crippen LogP contribution in [0.15, 0.2) is 0 Å². The summed E-state index contributed by atoms with van der Waals surface area (Å²) < 4.78 is 0. The zero-order valence-corrected chi connectivity index (χ0v) is 13.0.